The van der Waals surface area contributed by atoms with Gasteiger partial charge >= 0.3 is 0 Å². The highest BCUT2D eigenvalue weighted by Crippen LogP contribution is 2.20. The number of nitrogens with zero attached hydrogens (tertiary/aromatic N) is 2. The van der Waals surface area contributed by atoms with E-state index in [9.17, 15) is 0 Å². The molecule has 2 fully saturated rings. The largest absolute Gasteiger partial charge is 0.374 e. The van der Waals surface area contributed by atoms with Crippen LogP contribution in [0, 0.1) is 0 Å². The lowest BCUT2D eigenvalue weighted by atomic mass is 10.2. The molecule has 0 saturated carbocycles. The first-order valence-electron chi connectivity index (χ1n) is 5.89. The molecule has 2 heterocycles. The summed E-state index contributed by atoms with van der Waals surface area (Å²) in [5.41, 5.74) is 0. The second kappa shape index (κ2) is 5.62. The van der Waals surface area contributed by atoms with Crippen LogP contribution in [0.1, 0.15) is 12.8 Å². The van der Waals surface area contributed by atoms with Gasteiger partial charge in [0.2, 0.25) is 0 Å². The van der Waals surface area contributed by atoms with Crippen molar-refractivity contribution in [3.05, 3.63) is 0 Å². The van der Waals surface area contributed by atoms with E-state index in [1.165, 1.54) is 19.4 Å². The minimum Gasteiger partial charge on any atom is -0.374 e. The molecule has 0 N–H and O–H groups in total. The van der Waals surface area contributed by atoms with Gasteiger partial charge in [0, 0.05) is 31.0 Å². The van der Waals surface area contributed by atoms with Crippen molar-refractivity contribution in [2.45, 2.75) is 25.0 Å². The Labute approximate surface area is 101 Å². The van der Waals surface area contributed by atoms with Crippen LogP contribution in [0.15, 0.2) is 0 Å². The molecule has 0 aromatic carbocycles. The summed E-state index contributed by atoms with van der Waals surface area (Å²) in [6.07, 6.45) is 3.11. The lowest BCUT2D eigenvalue weighted by Crippen LogP contribution is -2.47. The van der Waals surface area contributed by atoms with E-state index in [4.69, 9.17) is 4.74 Å². The average Bonchev–Trinajstić information content (AvgIpc) is 2.65. The van der Waals surface area contributed by atoms with Gasteiger partial charge in [0.05, 0.1) is 12.7 Å². The molecular weight excluding hydrogens is 256 g/mol. The van der Waals surface area contributed by atoms with Crippen LogP contribution in [0.2, 0.25) is 0 Å². The second-order valence-electron chi connectivity index (χ2n) is 4.70. The molecule has 0 aromatic rings. The first-order valence-corrected chi connectivity index (χ1v) is 7.02. The number of hydrogen-bond acceptors (Lipinski definition) is 3. The summed E-state index contributed by atoms with van der Waals surface area (Å²) in [5, 5.41) is 1.11. The third kappa shape index (κ3) is 3.16. The number of morpholine rings is 1. The highest BCUT2D eigenvalue weighted by atomic mass is 79.9. The average molecular weight is 277 g/mol. The summed E-state index contributed by atoms with van der Waals surface area (Å²) in [4.78, 5) is 4.95. The number of halogens is 1. The summed E-state index contributed by atoms with van der Waals surface area (Å²) >= 11 is 3.60. The van der Waals surface area contributed by atoms with E-state index < -0.39 is 0 Å². The van der Waals surface area contributed by atoms with Gasteiger partial charge < -0.3 is 9.64 Å². The van der Waals surface area contributed by atoms with Crippen LogP contribution >= 0.6 is 15.9 Å². The van der Waals surface area contributed by atoms with Crippen molar-refractivity contribution in [2.24, 2.45) is 0 Å². The maximum Gasteiger partial charge on any atom is 0.0829 e. The molecule has 88 valence electrons. The van der Waals surface area contributed by atoms with Gasteiger partial charge in [0.15, 0.2) is 0 Å². The molecule has 2 aliphatic rings. The minimum absolute atomic E-state index is 0.420. The molecule has 0 radical (unpaired) electrons. The molecule has 0 aliphatic carbocycles. The Bertz CT molecular complexity index is 203. The van der Waals surface area contributed by atoms with Gasteiger partial charge in [0.25, 0.3) is 0 Å². The zero-order valence-corrected chi connectivity index (χ0v) is 11.1. The molecule has 2 unspecified atom stereocenters. The summed E-state index contributed by atoms with van der Waals surface area (Å²) in [5.74, 6) is 0. The van der Waals surface area contributed by atoms with Crippen molar-refractivity contribution in [1.29, 1.82) is 0 Å². The summed E-state index contributed by atoms with van der Waals surface area (Å²) in [6.45, 7) is 5.43. The number of hydrogen-bond donors (Lipinski definition) is 0. The van der Waals surface area contributed by atoms with E-state index in [1.54, 1.807) is 0 Å². The molecule has 3 nitrogen and oxygen atoms in total. The molecule has 4 heteroatoms. The highest BCUT2D eigenvalue weighted by Gasteiger charge is 2.27. The predicted molar refractivity (Wildman–Crippen MR) is 65.6 cm³/mol. The van der Waals surface area contributed by atoms with E-state index in [-0.39, 0.29) is 0 Å². The van der Waals surface area contributed by atoms with E-state index in [1.807, 2.05) is 0 Å². The van der Waals surface area contributed by atoms with Crippen molar-refractivity contribution in [1.82, 2.24) is 9.80 Å². The zero-order valence-electron chi connectivity index (χ0n) is 9.49. The Balaban J connectivity index is 1.80. The van der Waals surface area contributed by atoms with E-state index in [2.05, 4.69) is 32.8 Å². The lowest BCUT2D eigenvalue weighted by Gasteiger charge is -2.34. The van der Waals surface area contributed by atoms with Gasteiger partial charge in [-0.05, 0) is 26.4 Å². The first kappa shape index (κ1) is 11.8. The monoisotopic (exact) mass is 276 g/mol. The van der Waals surface area contributed by atoms with Gasteiger partial charge in [-0.25, -0.2) is 0 Å². The van der Waals surface area contributed by atoms with Gasteiger partial charge in [-0.15, -0.1) is 0 Å². The van der Waals surface area contributed by atoms with Gasteiger partial charge in [0.1, 0.15) is 0 Å². The van der Waals surface area contributed by atoms with Gasteiger partial charge in [-0.3, -0.25) is 4.90 Å². The van der Waals surface area contributed by atoms with Gasteiger partial charge in [-0.1, -0.05) is 15.9 Å². The highest BCUT2D eigenvalue weighted by molar-refractivity contribution is 9.09. The fraction of sp³-hybridized carbons (Fsp3) is 1.00. The molecule has 2 saturated heterocycles. The van der Waals surface area contributed by atoms with Crippen molar-refractivity contribution in [3.63, 3.8) is 0 Å². The number of ether oxygens (including phenoxy) is 1. The van der Waals surface area contributed by atoms with Crippen molar-refractivity contribution in [3.8, 4) is 0 Å². The van der Waals surface area contributed by atoms with Crippen LogP contribution in [0.25, 0.3) is 0 Å². The molecular formula is C11H21BrN2O. The Morgan fingerprint density at radius 1 is 1.40 bits per heavy atom. The fourth-order valence-electron chi connectivity index (χ4n) is 2.55. The maximum atomic E-state index is 5.80. The number of likely N-dealkylation sites (tertiary alicyclic amines) is 1. The second-order valence-corrected chi connectivity index (χ2v) is 5.35. The van der Waals surface area contributed by atoms with Crippen LogP contribution < -0.4 is 0 Å². The Hall–Kier alpha value is 0.360. The Morgan fingerprint density at radius 2 is 2.27 bits per heavy atom. The number of alkyl halides is 1. The van der Waals surface area contributed by atoms with E-state index in [0.29, 0.717) is 6.10 Å². The number of rotatable bonds is 3. The summed E-state index contributed by atoms with van der Waals surface area (Å²) in [6, 6.07) is 0.737. The first-order chi connectivity index (χ1) is 7.29. The third-order valence-corrected chi connectivity index (χ3v) is 4.20. The topological polar surface area (TPSA) is 15.7 Å². The summed E-state index contributed by atoms with van der Waals surface area (Å²) < 4.78 is 5.80. The molecule has 0 spiro atoms. The predicted octanol–water partition coefficient (Wildman–Crippen LogP) is 1.18. The quantitative estimate of drug-likeness (QED) is 0.720. The maximum absolute atomic E-state index is 5.80. The smallest absolute Gasteiger partial charge is 0.0829 e. The normalized spacial score (nSPS) is 34.8. The van der Waals surface area contributed by atoms with E-state index >= 15 is 0 Å². The molecule has 15 heavy (non-hydrogen) atoms. The Kier molecular flexibility index (Phi) is 4.43. The molecule has 2 aliphatic heterocycles. The molecule has 0 aromatic heterocycles. The zero-order chi connectivity index (χ0) is 10.7. The van der Waals surface area contributed by atoms with Crippen LogP contribution in [-0.4, -0.2) is 67.1 Å². The molecule has 0 bridgehead atoms. The molecule has 0 amide bonds. The van der Waals surface area contributed by atoms with Crippen LogP contribution in [0.5, 0.6) is 0 Å². The minimum atomic E-state index is 0.420. The fourth-order valence-corrected chi connectivity index (χ4v) is 3.28. The molecule has 2 atom stereocenters. The van der Waals surface area contributed by atoms with E-state index in [0.717, 1.165) is 37.6 Å². The van der Waals surface area contributed by atoms with Crippen molar-refractivity contribution >= 4 is 15.9 Å². The van der Waals surface area contributed by atoms with Crippen molar-refractivity contribution < 1.29 is 4.74 Å². The van der Waals surface area contributed by atoms with Gasteiger partial charge in [-0.2, -0.15) is 0 Å². The van der Waals surface area contributed by atoms with Crippen LogP contribution in [0.4, 0.5) is 0 Å². The number of likely N-dealkylation sites (N-methyl/N-ethyl adjacent to an activating group) is 1. The standard InChI is InChI=1S/C11H21BrN2O/c1-13-5-6-15-11(8-13)9-14-4-2-3-10(14)7-12/h10-11H,2-9H2,1H3. The van der Waals surface area contributed by atoms with Crippen LogP contribution in [-0.2, 0) is 4.74 Å². The van der Waals surface area contributed by atoms with Crippen molar-refractivity contribution in [2.75, 3.05) is 45.2 Å². The summed E-state index contributed by atoms with van der Waals surface area (Å²) in [7, 11) is 2.18. The molecule has 2 rings (SSSR count). The van der Waals surface area contributed by atoms with Crippen LogP contribution in [0.3, 0.4) is 0 Å². The lowest BCUT2D eigenvalue weighted by molar-refractivity contribution is -0.0362. The SMILES string of the molecule is CN1CCOC(CN2CCCC2CBr)C1. The Morgan fingerprint density at radius 3 is 3.00 bits per heavy atom. The third-order valence-electron chi connectivity index (χ3n) is 3.46.